The monoisotopic (exact) mass is 340 g/mol. The molecule has 0 aromatic heterocycles. The first kappa shape index (κ1) is 17.6. The molecule has 0 bridgehead atoms. The van der Waals surface area contributed by atoms with Gasteiger partial charge >= 0.3 is 0 Å². The van der Waals surface area contributed by atoms with Gasteiger partial charge in [0, 0.05) is 19.2 Å². The number of benzene rings is 1. The second-order valence-electron chi connectivity index (χ2n) is 5.82. The fraction of sp³-hybridized carbons (Fsp3) is 0.562. The van der Waals surface area contributed by atoms with Gasteiger partial charge in [-0.05, 0) is 38.3 Å². The van der Waals surface area contributed by atoms with Crippen molar-refractivity contribution in [2.45, 2.75) is 32.2 Å². The molecule has 7 heteroatoms. The van der Waals surface area contributed by atoms with Crippen LogP contribution in [0.15, 0.2) is 24.3 Å². The molecule has 0 unspecified atom stereocenters. The molecule has 1 aromatic carbocycles. The third-order valence-electron chi connectivity index (χ3n) is 4.04. The summed E-state index contributed by atoms with van der Waals surface area (Å²) in [4.78, 5) is 14.5. The molecule has 23 heavy (non-hydrogen) atoms. The zero-order valence-electron chi connectivity index (χ0n) is 13.9. The van der Waals surface area contributed by atoms with E-state index >= 15 is 0 Å². The zero-order chi connectivity index (χ0) is 17.0. The van der Waals surface area contributed by atoms with Gasteiger partial charge in [0.1, 0.15) is 11.8 Å². The Bertz CT molecular complexity index is 654. The molecule has 0 saturated carbocycles. The number of sulfonamides is 1. The number of likely N-dealkylation sites (tertiary alicyclic amines) is 1. The number of methoxy groups -OCH3 is 1. The third kappa shape index (κ3) is 4.16. The van der Waals surface area contributed by atoms with Crippen molar-refractivity contribution in [3.8, 4) is 5.75 Å². The predicted molar refractivity (Wildman–Crippen MR) is 90.2 cm³/mol. The van der Waals surface area contributed by atoms with Gasteiger partial charge in [-0.2, -0.15) is 0 Å². The van der Waals surface area contributed by atoms with Crippen LogP contribution in [-0.4, -0.2) is 51.7 Å². The van der Waals surface area contributed by atoms with Crippen molar-refractivity contribution in [1.82, 2.24) is 4.90 Å². The van der Waals surface area contributed by atoms with Gasteiger partial charge in [0.15, 0.2) is 0 Å². The Balaban J connectivity index is 2.32. The second kappa shape index (κ2) is 7.21. The van der Waals surface area contributed by atoms with E-state index in [1.54, 1.807) is 36.1 Å². The van der Waals surface area contributed by atoms with Crippen LogP contribution in [0.25, 0.3) is 0 Å². The largest absolute Gasteiger partial charge is 0.497 e. The number of amides is 1. The van der Waals surface area contributed by atoms with Crippen molar-refractivity contribution in [2.24, 2.45) is 0 Å². The predicted octanol–water partition coefficient (Wildman–Crippen LogP) is 1.86. The molecule has 0 spiro atoms. The van der Waals surface area contributed by atoms with Crippen LogP contribution < -0.4 is 9.04 Å². The van der Waals surface area contributed by atoms with E-state index in [0.29, 0.717) is 24.5 Å². The summed E-state index contributed by atoms with van der Waals surface area (Å²) in [6.07, 6.45) is 4.17. The molecule has 1 saturated heterocycles. The molecule has 128 valence electrons. The molecule has 2 rings (SSSR count). The average molecular weight is 340 g/mol. The molecule has 1 atom stereocenters. The molecule has 1 aliphatic heterocycles. The molecule has 0 aliphatic carbocycles. The van der Waals surface area contributed by atoms with Gasteiger partial charge in [-0.3, -0.25) is 9.10 Å². The van der Waals surface area contributed by atoms with E-state index in [1.165, 1.54) is 11.4 Å². The summed E-state index contributed by atoms with van der Waals surface area (Å²) >= 11 is 0. The molecular weight excluding hydrogens is 316 g/mol. The first-order chi connectivity index (χ1) is 10.8. The molecule has 6 nitrogen and oxygen atoms in total. The van der Waals surface area contributed by atoms with Crippen molar-refractivity contribution in [3.63, 3.8) is 0 Å². The summed E-state index contributed by atoms with van der Waals surface area (Å²) in [5.41, 5.74) is 0.435. The van der Waals surface area contributed by atoms with Crippen LogP contribution >= 0.6 is 0 Å². The van der Waals surface area contributed by atoms with E-state index in [1.807, 2.05) is 0 Å². The van der Waals surface area contributed by atoms with Crippen LogP contribution in [0.4, 0.5) is 5.69 Å². The highest BCUT2D eigenvalue weighted by Crippen LogP contribution is 2.26. The molecule has 1 aliphatic rings. The molecule has 1 amide bonds. The first-order valence-electron chi connectivity index (χ1n) is 7.77. The van der Waals surface area contributed by atoms with Crippen molar-refractivity contribution >= 4 is 21.6 Å². The maximum atomic E-state index is 12.7. The molecule has 1 aromatic rings. The topological polar surface area (TPSA) is 66.9 Å². The Hall–Kier alpha value is -1.76. The number of anilines is 1. The van der Waals surface area contributed by atoms with Crippen molar-refractivity contribution in [2.75, 3.05) is 30.8 Å². The summed E-state index contributed by atoms with van der Waals surface area (Å²) in [6, 6.07) is 5.96. The highest BCUT2D eigenvalue weighted by atomic mass is 32.2. The van der Waals surface area contributed by atoms with Gasteiger partial charge in [-0.25, -0.2) is 8.42 Å². The molecular formula is C16H24N2O4S. The quantitative estimate of drug-likeness (QED) is 0.820. The fourth-order valence-electron chi connectivity index (χ4n) is 2.93. The summed E-state index contributed by atoms with van der Waals surface area (Å²) in [5, 5.41) is 0. The minimum absolute atomic E-state index is 0.155. The fourth-order valence-corrected chi connectivity index (χ4v) is 4.09. The summed E-state index contributed by atoms with van der Waals surface area (Å²) < 4.78 is 30.9. The minimum Gasteiger partial charge on any atom is -0.497 e. The Morgan fingerprint density at radius 3 is 2.48 bits per heavy atom. The van der Waals surface area contributed by atoms with Gasteiger partial charge in [0.2, 0.25) is 15.9 Å². The van der Waals surface area contributed by atoms with E-state index in [9.17, 15) is 13.2 Å². The number of carbonyl (C=O) groups is 1. The maximum Gasteiger partial charge on any atom is 0.246 e. The number of rotatable bonds is 5. The molecule has 1 heterocycles. The number of hydrogen-bond acceptors (Lipinski definition) is 4. The van der Waals surface area contributed by atoms with Gasteiger partial charge in [-0.15, -0.1) is 0 Å². The van der Waals surface area contributed by atoms with Gasteiger partial charge in [-0.1, -0.05) is 6.07 Å². The van der Waals surface area contributed by atoms with Crippen molar-refractivity contribution in [1.29, 1.82) is 0 Å². The average Bonchev–Trinajstić information content (AvgIpc) is 2.54. The Morgan fingerprint density at radius 2 is 1.91 bits per heavy atom. The van der Waals surface area contributed by atoms with Crippen molar-refractivity contribution < 1.29 is 17.9 Å². The van der Waals surface area contributed by atoms with Gasteiger partial charge < -0.3 is 9.64 Å². The number of carbonyl (C=O) groups excluding carboxylic acids is 1. The summed E-state index contributed by atoms with van der Waals surface area (Å²) in [7, 11) is -2.08. The van der Waals surface area contributed by atoms with E-state index in [-0.39, 0.29) is 5.91 Å². The summed E-state index contributed by atoms with van der Waals surface area (Å²) in [6.45, 7) is 3.02. The Kier molecular flexibility index (Phi) is 5.51. The number of hydrogen-bond donors (Lipinski definition) is 0. The lowest BCUT2D eigenvalue weighted by atomic mass is 10.1. The summed E-state index contributed by atoms with van der Waals surface area (Å²) in [5.74, 6) is 0.395. The molecule has 0 N–H and O–H groups in total. The standard InChI is InChI=1S/C16H24N2O4S/c1-13(16(19)17-10-5-4-6-11-17)18(23(3,20)21)14-8-7-9-15(12-14)22-2/h7-9,12-13H,4-6,10-11H2,1-3H3/t13-/m1/s1. The van der Waals surface area contributed by atoms with Crippen LogP contribution in [0.1, 0.15) is 26.2 Å². The smallest absolute Gasteiger partial charge is 0.246 e. The van der Waals surface area contributed by atoms with Crippen molar-refractivity contribution in [3.05, 3.63) is 24.3 Å². The third-order valence-corrected chi connectivity index (χ3v) is 5.28. The lowest BCUT2D eigenvalue weighted by molar-refractivity contribution is -0.132. The lowest BCUT2D eigenvalue weighted by Crippen LogP contribution is -2.50. The number of ether oxygens (including phenoxy) is 1. The SMILES string of the molecule is COc1cccc(N([C@H](C)C(=O)N2CCCCC2)S(C)(=O)=O)c1. The van der Waals surface area contributed by atoms with E-state index in [4.69, 9.17) is 4.74 Å². The Morgan fingerprint density at radius 1 is 1.26 bits per heavy atom. The number of nitrogens with zero attached hydrogens (tertiary/aromatic N) is 2. The first-order valence-corrected chi connectivity index (χ1v) is 9.61. The van der Waals surface area contributed by atoms with Gasteiger partial charge in [0.25, 0.3) is 0 Å². The van der Waals surface area contributed by atoms with Crippen LogP contribution in [-0.2, 0) is 14.8 Å². The van der Waals surface area contributed by atoms with Crippen LogP contribution in [0.3, 0.4) is 0 Å². The normalized spacial score (nSPS) is 16.7. The number of piperidine rings is 1. The van der Waals surface area contributed by atoms with Gasteiger partial charge in [0.05, 0.1) is 19.1 Å². The van der Waals surface area contributed by atoms with Crippen LogP contribution in [0.2, 0.25) is 0 Å². The highest BCUT2D eigenvalue weighted by Gasteiger charge is 2.32. The van der Waals surface area contributed by atoms with E-state index in [0.717, 1.165) is 25.5 Å². The molecule has 1 fully saturated rings. The van der Waals surface area contributed by atoms with E-state index in [2.05, 4.69) is 0 Å². The van der Waals surface area contributed by atoms with Crippen LogP contribution in [0, 0.1) is 0 Å². The minimum atomic E-state index is -3.60. The van der Waals surface area contributed by atoms with E-state index < -0.39 is 16.1 Å². The van der Waals surface area contributed by atoms with Crippen LogP contribution in [0.5, 0.6) is 5.75 Å². The molecule has 0 radical (unpaired) electrons. The zero-order valence-corrected chi connectivity index (χ0v) is 14.7. The maximum absolute atomic E-state index is 12.7. The lowest BCUT2D eigenvalue weighted by Gasteiger charge is -2.34. The highest BCUT2D eigenvalue weighted by molar-refractivity contribution is 7.92. The Labute approximate surface area is 138 Å². The second-order valence-corrected chi connectivity index (χ2v) is 7.68.